The average Bonchev–Trinajstić information content (AvgIpc) is 4.04. The molecular weight excluding hydrogens is 1230 g/mol. The Morgan fingerprint density at radius 2 is 1.58 bits per heavy atom. The Morgan fingerprint density at radius 3 is 2.17 bits per heavy atom. The van der Waals surface area contributed by atoms with Crippen molar-refractivity contribution in [2.75, 3.05) is 53.1 Å². The van der Waals surface area contributed by atoms with Crippen molar-refractivity contribution in [3.8, 4) is 11.5 Å². The smallest absolute Gasteiger partial charge is 0.407 e. The van der Waals surface area contributed by atoms with E-state index < -0.39 is 78.7 Å². The summed E-state index contributed by atoms with van der Waals surface area (Å²) in [7, 11) is -6.48. The second-order valence-electron chi connectivity index (χ2n) is 20.8. The molecule has 3 aliphatic heterocycles. The molecule has 3 heterocycles. The minimum Gasteiger partial charge on any atom is -0.497 e. The third-order valence-electron chi connectivity index (χ3n) is 14.3. The van der Waals surface area contributed by atoms with Crippen molar-refractivity contribution in [3.05, 3.63) is 108 Å². The predicted octanol–water partition coefficient (Wildman–Crippen LogP) is 11.4. The Morgan fingerprint density at radius 1 is 0.923 bits per heavy atom. The van der Waals surface area contributed by atoms with Crippen molar-refractivity contribution in [1.82, 2.24) is 14.5 Å². The second-order valence-corrected chi connectivity index (χ2v) is 37.9. The normalized spacial score (nSPS) is 19.0. The van der Waals surface area contributed by atoms with Crippen molar-refractivity contribution in [2.45, 2.75) is 161 Å². The maximum atomic E-state index is 14.2. The van der Waals surface area contributed by atoms with Crippen LogP contribution in [0, 0.1) is 19.3 Å². The zero-order valence-corrected chi connectivity index (χ0v) is 53.9. The van der Waals surface area contributed by atoms with Gasteiger partial charge in [0.15, 0.2) is 12.4 Å². The van der Waals surface area contributed by atoms with Crippen molar-refractivity contribution in [2.24, 2.45) is 11.8 Å². The first-order chi connectivity index (χ1) is 36.4. The maximum absolute atomic E-state index is 14.2. The van der Waals surface area contributed by atoms with Crippen LogP contribution in [-0.2, 0) is 82.4 Å². The zero-order chi connectivity index (χ0) is 55.3. The Bertz CT molecular complexity index is 2400. The fraction of sp³-hybridized carbons (Fsp3) is 0.603. The first-order valence-corrected chi connectivity index (χ1v) is 38.5. The van der Waals surface area contributed by atoms with E-state index in [9.17, 15) is 27.7 Å². The molecule has 7 atom stereocenters. The molecule has 6 rings (SSSR count). The molecule has 2 saturated heterocycles. The first kappa shape index (κ1) is 69.4. The summed E-state index contributed by atoms with van der Waals surface area (Å²) in [5.74, 6) is 0.0257. The second kappa shape index (κ2) is 34.6. The SMILES string of the molecule is C=[CH][Sn]([CH2]CCC)([CH2]CCC)[CH2]CCC.CCOC(=O)[C@H](C)OP(=O)(Cc1ccc2c(c1)CCN(C[C@H](NC(=O)O[C@H]1CO[C@H]3OCC[C@H]31)[C@H](O)CN(CC(C)C)S(=O)(=O)c1ccc(OC)cc1)C2)Oc1ccccc1.[CH3-].[Pd]. The molecule has 3 aliphatic rings. The van der Waals surface area contributed by atoms with Gasteiger partial charge in [0.25, 0.3) is 0 Å². The number of rotatable bonds is 30. The van der Waals surface area contributed by atoms with Crippen molar-refractivity contribution < 1.29 is 80.8 Å². The average molecular weight is 1330 g/mol. The van der Waals surface area contributed by atoms with Crippen LogP contribution in [0.4, 0.5) is 4.79 Å². The minimum atomic E-state index is -4.06. The van der Waals surface area contributed by atoms with Crippen LogP contribution in [0.5, 0.6) is 11.5 Å². The van der Waals surface area contributed by atoms with E-state index in [1.807, 2.05) is 32.0 Å². The van der Waals surface area contributed by atoms with Gasteiger partial charge in [0.1, 0.15) is 17.6 Å². The number of sulfonamides is 1. The number of unbranched alkanes of at least 4 members (excludes halogenated alkanes) is 3. The fourth-order valence-corrected chi connectivity index (χ4v) is 26.4. The summed E-state index contributed by atoms with van der Waals surface area (Å²) in [5, 5.41) is 14.8. The molecule has 2 fully saturated rings. The number of esters is 1. The van der Waals surface area contributed by atoms with E-state index in [4.69, 9.17) is 32.7 Å². The number of amides is 1. The number of nitrogens with zero attached hydrogens (tertiary/aromatic N) is 2. The van der Waals surface area contributed by atoms with Gasteiger partial charge in [-0.15, -0.1) is 0 Å². The predicted molar refractivity (Wildman–Crippen MR) is 306 cm³/mol. The molecule has 0 bridgehead atoms. The number of aliphatic hydroxyl groups excluding tert-OH is 1. The van der Waals surface area contributed by atoms with Gasteiger partial charge in [-0.2, -0.15) is 4.31 Å². The number of ether oxygens (including phenoxy) is 5. The monoisotopic (exact) mass is 1330 g/mol. The molecule has 20 heteroatoms. The number of hydrogen-bond donors (Lipinski definition) is 2. The molecule has 0 saturated carbocycles. The Kier molecular flexibility index (Phi) is 30.7. The number of carbonyl (C=O) groups excluding carboxylic acids is 2. The quantitative estimate of drug-likeness (QED) is 0.0278. The molecule has 0 aliphatic carbocycles. The minimum absolute atomic E-state index is 0. The number of benzene rings is 3. The van der Waals surface area contributed by atoms with Gasteiger partial charge in [0.2, 0.25) is 10.0 Å². The number of para-hydroxylation sites is 1. The van der Waals surface area contributed by atoms with Crippen LogP contribution in [0.3, 0.4) is 0 Å². The summed E-state index contributed by atoms with van der Waals surface area (Å²) in [6.45, 7) is 19.9. The molecular formula is C58H91N3O13PPdSSn-. The van der Waals surface area contributed by atoms with E-state index in [-0.39, 0.29) is 83.6 Å². The summed E-state index contributed by atoms with van der Waals surface area (Å²) in [5.41, 5.74) is 2.67. The number of methoxy groups -OCH3 is 1. The maximum Gasteiger partial charge on any atom is 0.407 e. The number of hydrogen-bond acceptors (Lipinski definition) is 14. The van der Waals surface area contributed by atoms with Crippen LogP contribution in [0.15, 0.2) is 88.4 Å². The Balaban J connectivity index is 0.000000821. The van der Waals surface area contributed by atoms with Gasteiger partial charge in [-0.3, -0.25) is 9.42 Å². The molecule has 16 nitrogen and oxygen atoms in total. The summed E-state index contributed by atoms with van der Waals surface area (Å²) in [4.78, 5) is 28.1. The summed E-state index contributed by atoms with van der Waals surface area (Å²) < 4.78 is 89.8. The Hall–Kier alpha value is -2.86. The fourth-order valence-electron chi connectivity index (χ4n) is 10.0. The molecule has 1 amide bonds. The van der Waals surface area contributed by atoms with Crippen molar-refractivity contribution >= 4 is 48.1 Å². The van der Waals surface area contributed by atoms with E-state index in [1.165, 1.54) is 69.0 Å². The third-order valence-corrected chi connectivity index (χ3v) is 32.1. The van der Waals surface area contributed by atoms with Gasteiger partial charge in [-0.25, -0.2) is 22.6 Å². The summed E-state index contributed by atoms with van der Waals surface area (Å²) in [6, 6.07) is 19.5. The van der Waals surface area contributed by atoms with Gasteiger partial charge in [0.05, 0.1) is 56.1 Å². The van der Waals surface area contributed by atoms with E-state index in [0.29, 0.717) is 49.6 Å². The van der Waals surface area contributed by atoms with Crippen LogP contribution in [0.25, 0.3) is 0 Å². The van der Waals surface area contributed by atoms with Crippen LogP contribution in [0.1, 0.15) is 110 Å². The molecule has 2 N–H and O–H groups in total. The largest absolute Gasteiger partial charge is 0.497 e. The molecule has 442 valence electrons. The van der Waals surface area contributed by atoms with E-state index in [0.717, 1.165) is 11.1 Å². The number of aliphatic hydroxyl groups is 1. The molecule has 78 heavy (non-hydrogen) atoms. The standard InChI is InChI=1S/C43H58N3O13PS.3C4H9.C2H3.CH3.Pd.Sn/c1-6-54-41(48)30(4)58-60(50,59-35-10-8-7-9-11-35)28-31-12-13-33-24-45(20-18-32(33)22-31)25-38(44-43(49)57-40-27-56-42-37(40)19-21-55-42)39(47)26-46(23-29(2)3)61(51,52)36-16-14-34(53-5)15-17-36;3*1-3-4-2;1-2;;;/h7-17,22,29-30,37-40,42,47H,6,18-21,23-28H2,1-5H3,(H,44,49);3*1,3-4H2,2H3;1H,2H2;1H3;;/q;;;;;-1;;/t30-,37-,38-,39+,40-,42+,60?;;;;;;;/m0......./s1. The van der Waals surface area contributed by atoms with E-state index >= 15 is 0 Å². The van der Waals surface area contributed by atoms with Gasteiger partial charge in [-0.05, 0) is 85.7 Å². The molecule has 0 spiro atoms. The third kappa shape index (κ3) is 21.2. The first-order valence-electron chi connectivity index (χ1n) is 27.6. The van der Waals surface area contributed by atoms with Crippen LogP contribution in [0.2, 0.25) is 13.3 Å². The van der Waals surface area contributed by atoms with Gasteiger partial charge in [0, 0.05) is 53.1 Å². The molecule has 0 radical (unpaired) electrons. The number of carbonyl (C=O) groups is 2. The molecule has 0 aromatic heterocycles. The number of fused-ring (bicyclic) bond motifs is 2. The number of nitrogens with one attached hydrogen (secondary N) is 1. The van der Waals surface area contributed by atoms with E-state index in [1.54, 1.807) is 62.7 Å². The number of alkyl carbamates (subject to hydrolysis) is 1. The van der Waals surface area contributed by atoms with Gasteiger partial charge < -0.3 is 46.1 Å². The van der Waals surface area contributed by atoms with E-state index in [2.05, 4.69) is 41.7 Å². The Labute approximate surface area is 485 Å². The van der Waals surface area contributed by atoms with Gasteiger partial charge in [-0.1, -0.05) is 50.2 Å². The molecule has 1 unspecified atom stereocenters. The van der Waals surface area contributed by atoms with Crippen LogP contribution < -0.4 is 14.6 Å². The van der Waals surface area contributed by atoms with Crippen LogP contribution in [-0.4, -0.2) is 137 Å². The summed E-state index contributed by atoms with van der Waals surface area (Å²) >= 11 is -1.85. The van der Waals surface area contributed by atoms with Gasteiger partial charge >= 0.3 is 121 Å². The molecule has 3 aromatic rings. The molecule has 3 aromatic carbocycles. The topological polar surface area (TPSA) is 189 Å². The van der Waals surface area contributed by atoms with Crippen molar-refractivity contribution in [3.63, 3.8) is 0 Å². The summed E-state index contributed by atoms with van der Waals surface area (Å²) in [6.07, 6.45) is 5.46. The van der Waals surface area contributed by atoms with Crippen molar-refractivity contribution in [1.29, 1.82) is 0 Å². The van der Waals surface area contributed by atoms with Crippen LogP contribution >= 0.6 is 7.60 Å². The zero-order valence-electron chi connectivity index (χ0n) is 47.8.